The molecule has 1 amide bonds. The minimum absolute atomic E-state index is 0.0997. The first-order chi connectivity index (χ1) is 11.6. The lowest BCUT2D eigenvalue weighted by molar-refractivity contribution is 0.102. The lowest BCUT2D eigenvalue weighted by Gasteiger charge is -2.08. The topological polar surface area (TPSA) is 42.0 Å². The number of anilines is 1. The second-order valence-corrected chi connectivity index (χ2v) is 6.75. The standard InChI is InChI=1S/C20H20N2OS/c1-4-19-22-18(12-24-19)15-6-8-16(9-7-15)20(23)21-17-10-5-13(2)14(3)11-17/h5-12H,4H2,1-3H3,(H,21,23). The van der Waals surface area contributed by atoms with E-state index in [0.717, 1.165) is 28.4 Å². The summed E-state index contributed by atoms with van der Waals surface area (Å²) in [5.74, 6) is -0.0997. The van der Waals surface area contributed by atoms with Crippen LogP contribution in [-0.4, -0.2) is 10.9 Å². The summed E-state index contributed by atoms with van der Waals surface area (Å²) in [6.07, 6.45) is 0.946. The Bertz CT molecular complexity index is 866. The number of carbonyl (C=O) groups is 1. The smallest absolute Gasteiger partial charge is 0.255 e. The van der Waals surface area contributed by atoms with E-state index in [1.54, 1.807) is 11.3 Å². The first-order valence-corrected chi connectivity index (χ1v) is 8.88. The molecule has 0 atom stereocenters. The van der Waals surface area contributed by atoms with E-state index >= 15 is 0 Å². The highest BCUT2D eigenvalue weighted by molar-refractivity contribution is 7.09. The van der Waals surface area contributed by atoms with Gasteiger partial charge in [-0.15, -0.1) is 11.3 Å². The molecule has 122 valence electrons. The van der Waals surface area contributed by atoms with Crippen molar-refractivity contribution in [2.45, 2.75) is 27.2 Å². The number of rotatable bonds is 4. The Hall–Kier alpha value is -2.46. The van der Waals surface area contributed by atoms with Crippen LogP contribution in [0.2, 0.25) is 0 Å². The first kappa shape index (κ1) is 16.4. The second-order valence-electron chi connectivity index (χ2n) is 5.81. The second kappa shape index (κ2) is 6.97. The highest BCUT2D eigenvalue weighted by atomic mass is 32.1. The van der Waals surface area contributed by atoms with E-state index in [2.05, 4.69) is 29.5 Å². The Labute approximate surface area is 146 Å². The molecule has 0 aliphatic heterocycles. The average molecular weight is 336 g/mol. The molecule has 0 saturated carbocycles. The van der Waals surface area contributed by atoms with Gasteiger partial charge in [0.15, 0.2) is 0 Å². The zero-order chi connectivity index (χ0) is 17.1. The van der Waals surface area contributed by atoms with Crippen LogP contribution in [0.5, 0.6) is 0 Å². The van der Waals surface area contributed by atoms with Crippen molar-refractivity contribution in [2.75, 3.05) is 5.32 Å². The third-order valence-corrected chi connectivity index (χ3v) is 5.05. The zero-order valence-electron chi connectivity index (χ0n) is 14.1. The zero-order valence-corrected chi connectivity index (χ0v) is 14.9. The van der Waals surface area contributed by atoms with Gasteiger partial charge < -0.3 is 5.32 Å². The molecule has 0 spiro atoms. The highest BCUT2D eigenvalue weighted by Gasteiger charge is 2.08. The SMILES string of the molecule is CCc1nc(-c2ccc(C(=O)Nc3ccc(C)c(C)c3)cc2)cs1. The molecule has 4 heteroatoms. The molecular formula is C20H20N2OS. The van der Waals surface area contributed by atoms with Crippen LogP contribution in [0.4, 0.5) is 5.69 Å². The maximum absolute atomic E-state index is 12.4. The number of hydrogen-bond acceptors (Lipinski definition) is 3. The molecule has 0 fully saturated rings. The lowest BCUT2D eigenvalue weighted by atomic mass is 10.1. The summed E-state index contributed by atoms with van der Waals surface area (Å²) in [6, 6.07) is 13.5. The molecule has 1 aromatic heterocycles. The number of aryl methyl sites for hydroxylation is 3. The molecule has 0 aliphatic rings. The summed E-state index contributed by atoms with van der Waals surface area (Å²) >= 11 is 1.67. The van der Waals surface area contributed by atoms with Crippen molar-refractivity contribution in [1.82, 2.24) is 4.98 Å². The van der Waals surface area contributed by atoms with Crippen LogP contribution in [0, 0.1) is 13.8 Å². The van der Waals surface area contributed by atoms with Gasteiger partial charge in [-0.3, -0.25) is 4.79 Å². The van der Waals surface area contributed by atoms with Crippen molar-refractivity contribution >= 4 is 22.9 Å². The van der Waals surface area contributed by atoms with E-state index in [-0.39, 0.29) is 5.91 Å². The molecule has 0 unspecified atom stereocenters. The van der Waals surface area contributed by atoms with Gasteiger partial charge in [0.05, 0.1) is 10.7 Å². The lowest BCUT2D eigenvalue weighted by Crippen LogP contribution is -2.11. The van der Waals surface area contributed by atoms with Crippen molar-refractivity contribution < 1.29 is 4.79 Å². The fourth-order valence-corrected chi connectivity index (χ4v) is 3.17. The molecule has 0 radical (unpaired) electrons. The number of thiazole rings is 1. The number of hydrogen-bond donors (Lipinski definition) is 1. The average Bonchev–Trinajstić information content (AvgIpc) is 3.07. The van der Waals surface area contributed by atoms with Gasteiger partial charge in [-0.2, -0.15) is 0 Å². The van der Waals surface area contributed by atoms with Crippen molar-refractivity contribution in [3.05, 3.63) is 69.5 Å². The molecular weight excluding hydrogens is 316 g/mol. The third kappa shape index (κ3) is 3.54. The van der Waals surface area contributed by atoms with E-state index in [4.69, 9.17) is 0 Å². The molecule has 3 nitrogen and oxygen atoms in total. The number of benzene rings is 2. The number of carbonyl (C=O) groups excluding carboxylic acids is 1. The van der Waals surface area contributed by atoms with Gasteiger partial charge in [0, 0.05) is 22.2 Å². The highest BCUT2D eigenvalue weighted by Crippen LogP contribution is 2.23. The van der Waals surface area contributed by atoms with Crippen molar-refractivity contribution in [2.24, 2.45) is 0 Å². The number of aromatic nitrogens is 1. The van der Waals surface area contributed by atoms with Crippen LogP contribution in [0.15, 0.2) is 47.8 Å². The summed E-state index contributed by atoms with van der Waals surface area (Å²) in [6.45, 7) is 6.20. The molecule has 3 rings (SSSR count). The van der Waals surface area contributed by atoms with Gasteiger partial charge in [-0.05, 0) is 55.7 Å². The third-order valence-electron chi connectivity index (χ3n) is 4.06. The van der Waals surface area contributed by atoms with Crippen molar-refractivity contribution in [1.29, 1.82) is 0 Å². The van der Waals surface area contributed by atoms with Gasteiger partial charge in [0.25, 0.3) is 5.91 Å². The normalized spacial score (nSPS) is 10.6. The number of nitrogens with zero attached hydrogens (tertiary/aromatic N) is 1. The monoisotopic (exact) mass is 336 g/mol. The molecule has 1 heterocycles. The van der Waals surface area contributed by atoms with Crippen LogP contribution >= 0.6 is 11.3 Å². The van der Waals surface area contributed by atoms with E-state index in [1.165, 1.54) is 11.1 Å². The Balaban J connectivity index is 1.74. The fourth-order valence-electron chi connectivity index (χ4n) is 2.42. The molecule has 0 aliphatic carbocycles. The minimum atomic E-state index is -0.0997. The van der Waals surface area contributed by atoms with Crippen LogP contribution < -0.4 is 5.32 Å². The Kier molecular flexibility index (Phi) is 4.76. The molecule has 1 N–H and O–H groups in total. The largest absolute Gasteiger partial charge is 0.322 e. The Morgan fingerprint density at radius 3 is 2.46 bits per heavy atom. The van der Waals surface area contributed by atoms with E-state index in [9.17, 15) is 4.79 Å². The number of nitrogens with one attached hydrogen (secondary N) is 1. The summed E-state index contributed by atoms with van der Waals surface area (Å²) in [7, 11) is 0. The van der Waals surface area contributed by atoms with Crippen molar-refractivity contribution in [3.8, 4) is 11.3 Å². The summed E-state index contributed by atoms with van der Waals surface area (Å²) in [5.41, 5.74) is 5.85. The molecule has 0 saturated heterocycles. The number of amides is 1. The van der Waals surface area contributed by atoms with E-state index < -0.39 is 0 Å². The molecule has 3 aromatic rings. The predicted octanol–water partition coefficient (Wildman–Crippen LogP) is 5.24. The quantitative estimate of drug-likeness (QED) is 0.708. The van der Waals surface area contributed by atoms with Crippen LogP contribution in [0.25, 0.3) is 11.3 Å². The van der Waals surface area contributed by atoms with Gasteiger partial charge >= 0.3 is 0 Å². The summed E-state index contributed by atoms with van der Waals surface area (Å²) in [5, 5.41) is 6.13. The van der Waals surface area contributed by atoms with E-state index in [1.807, 2.05) is 49.4 Å². The maximum Gasteiger partial charge on any atom is 0.255 e. The predicted molar refractivity (Wildman–Crippen MR) is 101 cm³/mol. The Morgan fingerprint density at radius 1 is 1.08 bits per heavy atom. The molecule has 0 bridgehead atoms. The van der Waals surface area contributed by atoms with E-state index in [0.29, 0.717) is 5.56 Å². The van der Waals surface area contributed by atoms with Crippen molar-refractivity contribution in [3.63, 3.8) is 0 Å². The summed E-state index contributed by atoms with van der Waals surface area (Å²) < 4.78 is 0. The van der Waals surface area contributed by atoms with Gasteiger partial charge in [-0.1, -0.05) is 25.1 Å². The van der Waals surface area contributed by atoms with Crippen LogP contribution in [0.3, 0.4) is 0 Å². The van der Waals surface area contributed by atoms with Gasteiger partial charge in [-0.25, -0.2) is 4.98 Å². The maximum atomic E-state index is 12.4. The minimum Gasteiger partial charge on any atom is -0.322 e. The molecule has 24 heavy (non-hydrogen) atoms. The van der Waals surface area contributed by atoms with Gasteiger partial charge in [0.2, 0.25) is 0 Å². The molecule has 2 aromatic carbocycles. The van der Waals surface area contributed by atoms with Crippen LogP contribution in [-0.2, 0) is 6.42 Å². The summed E-state index contributed by atoms with van der Waals surface area (Å²) in [4.78, 5) is 17.0. The Morgan fingerprint density at radius 2 is 1.83 bits per heavy atom. The van der Waals surface area contributed by atoms with Crippen LogP contribution in [0.1, 0.15) is 33.4 Å². The first-order valence-electron chi connectivity index (χ1n) is 8.00. The fraction of sp³-hybridized carbons (Fsp3) is 0.200. The van der Waals surface area contributed by atoms with Gasteiger partial charge in [0.1, 0.15) is 0 Å².